The van der Waals surface area contributed by atoms with E-state index in [1.807, 2.05) is 0 Å². The molecule has 2 aliphatic rings. The van der Waals surface area contributed by atoms with Gasteiger partial charge in [-0.25, -0.2) is 0 Å². The summed E-state index contributed by atoms with van der Waals surface area (Å²) in [5.74, 6) is 0. The molecular weight excluding hydrogens is 100 g/mol. The summed E-state index contributed by atoms with van der Waals surface area (Å²) in [5, 5.41) is 3.32. The molecule has 2 nitrogen and oxygen atoms in total. The zero-order valence-corrected chi connectivity index (χ0v) is 5.06. The summed E-state index contributed by atoms with van der Waals surface area (Å²) in [6.45, 7) is 3.63. The number of rotatable bonds is 1. The first-order valence-electron chi connectivity index (χ1n) is 3.41. The minimum absolute atomic E-state index is 0.963. The predicted molar refractivity (Wildman–Crippen MR) is 32.6 cm³/mol. The average molecular weight is 112 g/mol. The lowest BCUT2D eigenvalue weighted by atomic mass is 10.5. The molecule has 0 aromatic rings. The Morgan fingerprint density at radius 2 is 2.25 bits per heavy atom. The van der Waals surface area contributed by atoms with E-state index in [0.29, 0.717) is 0 Å². The topological polar surface area (TPSA) is 15.3 Å². The lowest BCUT2D eigenvalue weighted by Crippen LogP contribution is -2.23. The normalized spacial score (nSPS) is 31.5. The monoisotopic (exact) mass is 112 g/mol. The van der Waals surface area contributed by atoms with Crippen LogP contribution < -0.4 is 5.32 Å². The van der Waals surface area contributed by atoms with E-state index in [4.69, 9.17) is 0 Å². The van der Waals surface area contributed by atoms with Crippen LogP contribution in [0.4, 0.5) is 0 Å². The van der Waals surface area contributed by atoms with Crippen molar-refractivity contribution >= 4 is 0 Å². The van der Waals surface area contributed by atoms with Gasteiger partial charge in [0, 0.05) is 25.8 Å². The number of hydrogen-bond donors (Lipinski definition) is 1. The van der Waals surface area contributed by atoms with Crippen LogP contribution >= 0.6 is 0 Å². The molecular formula is C6H12N2. The third-order valence-electron chi connectivity index (χ3n) is 1.95. The zero-order valence-electron chi connectivity index (χ0n) is 5.06. The second kappa shape index (κ2) is 1.71. The molecule has 1 heterocycles. The quantitative estimate of drug-likeness (QED) is 0.514. The molecule has 0 aromatic carbocycles. The summed E-state index contributed by atoms with van der Waals surface area (Å²) in [5.41, 5.74) is 0. The van der Waals surface area contributed by atoms with Crippen molar-refractivity contribution in [1.29, 1.82) is 0 Å². The van der Waals surface area contributed by atoms with E-state index in [1.54, 1.807) is 0 Å². The molecule has 2 heteroatoms. The van der Waals surface area contributed by atoms with Gasteiger partial charge < -0.3 is 5.32 Å². The molecule has 0 unspecified atom stereocenters. The largest absolute Gasteiger partial charge is 0.303 e. The Bertz CT molecular complexity index is 82.5. The van der Waals surface area contributed by atoms with Gasteiger partial charge in [-0.1, -0.05) is 0 Å². The Kier molecular flexibility index (Phi) is 1.02. The van der Waals surface area contributed by atoms with Crippen molar-refractivity contribution in [3.63, 3.8) is 0 Å². The van der Waals surface area contributed by atoms with Crippen molar-refractivity contribution in [2.24, 2.45) is 0 Å². The highest BCUT2D eigenvalue weighted by Gasteiger charge is 2.29. The highest BCUT2D eigenvalue weighted by molar-refractivity contribution is 4.86. The molecule has 2 fully saturated rings. The van der Waals surface area contributed by atoms with Crippen LogP contribution in [0.15, 0.2) is 0 Å². The van der Waals surface area contributed by atoms with Gasteiger partial charge in [0.05, 0.1) is 0 Å². The highest BCUT2D eigenvalue weighted by Crippen LogP contribution is 2.26. The maximum absolute atomic E-state index is 3.32. The van der Waals surface area contributed by atoms with E-state index < -0.39 is 0 Å². The van der Waals surface area contributed by atoms with Crippen LogP contribution in [0.1, 0.15) is 12.8 Å². The summed E-state index contributed by atoms with van der Waals surface area (Å²) >= 11 is 0. The molecule has 1 saturated carbocycles. The number of hydrogen-bond acceptors (Lipinski definition) is 2. The first-order valence-corrected chi connectivity index (χ1v) is 3.41. The van der Waals surface area contributed by atoms with Gasteiger partial charge in [0.1, 0.15) is 0 Å². The molecule has 8 heavy (non-hydrogen) atoms. The van der Waals surface area contributed by atoms with Crippen molar-refractivity contribution < 1.29 is 0 Å². The molecule has 1 N–H and O–H groups in total. The van der Waals surface area contributed by atoms with Crippen LogP contribution in [0.25, 0.3) is 0 Å². The molecule has 1 aliphatic carbocycles. The van der Waals surface area contributed by atoms with Gasteiger partial charge in [-0.05, 0) is 12.8 Å². The molecule has 1 aliphatic heterocycles. The van der Waals surface area contributed by atoms with Crippen molar-refractivity contribution in [3.05, 3.63) is 0 Å². The standard InChI is InChI=1S/C6H12N2/c1-2-6(1)8-4-3-7-5-8/h6-7H,1-5H2. The zero-order chi connectivity index (χ0) is 5.40. The molecule has 0 bridgehead atoms. The summed E-state index contributed by atoms with van der Waals surface area (Å²) in [6.07, 6.45) is 2.89. The van der Waals surface area contributed by atoms with Crippen LogP contribution in [-0.4, -0.2) is 30.7 Å². The Morgan fingerprint density at radius 3 is 2.75 bits per heavy atom. The fraction of sp³-hybridized carbons (Fsp3) is 1.00. The van der Waals surface area contributed by atoms with E-state index >= 15 is 0 Å². The molecule has 0 amide bonds. The third kappa shape index (κ3) is 0.740. The first kappa shape index (κ1) is 4.77. The summed E-state index contributed by atoms with van der Waals surface area (Å²) in [4.78, 5) is 2.53. The maximum Gasteiger partial charge on any atom is 0.0484 e. The SMILES string of the molecule is C1CN(C2CC2)CN1. The molecule has 0 spiro atoms. The average Bonchev–Trinajstić information content (AvgIpc) is 2.49. The van der Waals surface area contributed by atoms with Crippen molar-refractivity contribution in [1.82, 2.24) is 10.2 Å². The Hall–Kier alpha value is -0.0800. The van der Waals surface area contributed by atoms with Crippen LogP contribution in [0.2, 0.25) is 0 Å². The number of nitrogens with zero attached hydrogens (tertiary/aromatic N) is 1. The van der Waals surface area contributed by atoms with Gasteiger partial charge >= 0.3 is 0 Å². The van der Waals surface area contributed by atoms with Crippen molar-refractivity contribution in [3.8, 4) is 0 Å². The molecule has 0 atom stereocenters. The summed E-state index contributed by atoms with van der Waals surface area (Å²) in [6, 6.07) is 0.963. The fourth-order valence-electron chi connectivity index (χ4n) is 1.28. The second-order valence-electron chi connectivity index (χ2n) is 2.70. The Morgan fingerprint density at radius 1 is 1.38 bits per heavy atom. The van der Waals surface area contributed by atoms with E-state index in [0.717, 1.165) is 12.7 Å². The van der Waals surface area contributed by atoms with E-state index in [1.165, 1.54) is 25.9 Å². The van der Waals surface area contributed by atoms with Crippen LogP contribution in [-0.2, 0) is 0 Å². The molecule has 2 rings (SSSR count). The van der Waals surface area contributed by atoms with Gasteiger partial charge in [-0.3, -0.25) is 4.90 Å². The predicted octanol–water partition coefficient (Wildman–Crippen LogP) is 0.0115. The van der Waals surface area contributed by atoms with E-state index in [-0.39, 0.29) is 0 Å². The minimum atomic E-state index is 0.963. The van der Waals surface area contributed by atoms with E-state index in [2.05, 4.69) is 10.2 Å². The lowest BCUT2D eigenvalue weighted by molar-refractivity contribution is 0.325. The third-order valence-corrected chi connectivity index (χ3v) is 1.95. The molecule has 0 radical (unpaired) electrons. The minimum Gasteiger partial charge on any atom is -0.303 e. The Labute approximate surface area is 49.9 Å². The van der Waals surface area contributed by atoms with Crippen molar-refractivity contribution in [2.45, 2.75) is 18.9 Å². The summed E-state index contributed by atoms with van der Waals surface area (Å²) in [7, 11) is 0. The maximum atomic E-state index is 3.32. The molecule has 0 aromatic heterocycles. The second-order valence-corrected chi connectivity index (χ2v) is 2.70. The molecule has 46 valence electrons. The van der Waals surface area contributed by atoms with Gasteiger partial charge in [0.25, 0.3) is 0 Å². The number of nitrogens with one attached hydrogen (secondary N) is 1. The van der Waals surface area contributed by atoms with Gasteiger partial charge in [-0.2, -0.15) is 0 Å². The fourth-order valence-corrected chi connectivity index (χ4v) is 1.28. The van der Waals surface area contributed by atoms with Crippen LogP contribution in [0.5, 0.6) is 0 Å². The Balaban J connectivity index is 1.86. The van der Waals surface area contributed by atoms with E-state index in [9.17, 15) is 0 Å². The first-order chi connectivity index (χ1) is 3.97. The highest BCUT2D eigenvalue weighted by atomic mass is 15.3. The van der Waals surface area contributed by atoms with Crippen molar-refractivity contribution in [2.75, 3.05) is 19.8 Å². The summed E-state index contributed by atoms with van der Waals surface area (Å²) < 4.78 is 0. The van der Waals surface area contributed by atoms with Crippen LogP contribution in [0.3, 0.4) is 0 Å². The lowest BCUT2D eigenvalue weighted by Gasteiger charge is -2.10. The van der Waals surface area contributed by atoms with Gasteiger partial charge in [0.15, 0.2) is 0 Å². The van der Waals surface area contributed by atoms with Gasteiger partial charge in [0.2, 0.25) is 0 Å². The molecule has 1 saturated heterocycles. The smallest absolute Gasteiger partial charge is 0.0484 e. The van der Waals surface area contributed by atoms with Crippen LogP contribution in [0, 0.1) is 0 Å². The van der Waals surface area contributed by atoms with Gasteiger partial charge in [-0.15, -0.1) is 0 Å².